The normalized spacial score (nSPS) is 9.95. The number of amides is 1. The lowest BCUT2D eigenvalue weighted by Crippen LogP contribution is -2.17. The number of anilines is 1. The monoisotopic (exact) mass is 302 g/mol. The van der Waals surface area contributed by atoms with E-state index in [1.807, 2.05) is 18.2 Å². The Bertz CT molecular complexity index is 632. The number of carbonyl (C=O) groups is 2. The van der Waals surface area contributed by atoms with E-state index in [4.69, 9.17) is 0 Å². The molecule has 0 atom stereocenters. The predicted molar refractivity (Wildman–Crippen MR) is 81.4 cm³/mol. The van der Waals surface area contributed by atoms with Crippen molar-refractivity contribution < 1.29 is 14.3 Å². The van der Waals surface area contributed by atoms with E-state index in [-0.39, 0.29) is 11.7 Å². The molecule has 0 aliphatic carbocycles. The van der Waals surface area contributed by atoms with Crippen molar-refractivity contribution in [2.45, 2.75) is 5.03 Å². The summed E-state index contributed by atoms with van der Waals surface area (Å²) in [5.74, 6) is -0.475. The van der Waals surface area contributed by atoms with Gasteiger partial charge in [0.1, 0.15) is 0 Å². The Morgan fingerprint density at radius 1 is 1.19 bits per heavy atom. The Labute approximate surface area is 126 Å². The number of esters is 1. The first-order chi connectivity index (χ1) is 10.2. The predicted octanol–water partition coefficient (Wildman–Crippen LogP) is 2.60. The SMILES string of the molecule is COC(=O)c1ccccc1NC(=O)CSc1ccccn1. The molecule has 1 amide bonds. The molecular formula is C15H14N2O3S. The van der Waals surface area contributed by atoms with Crippen molar-refractivity contribution in [3.63, 3.8) is 0 Å². The second-order valence-corrected chi connectivity index (χ2v) is 5.04. The maximum absolute atomic E-state index is 11.9. The van der Waals surface area contributed by atoms with E-state index < -0.39 is 5.97 Å². The molecule has 1 aromatic carbocycles. The molecule has 2 aromatic rings. The van der Waals surface area contributed by atoms with Gasteiger partial charge in [-0.1, -0.05) is 30.0 Å². The maximum atomic E-state index is 11.9. The zero-order chi connectivity index (χ0) is 15.1. The Morgan fingerprint density at radius 2 is 1.95 bits per heavy atom. The van der Waals surface area contributed by atoms with Crippen molar-refractivity contribution in [3.8, 4) is 0 Å². The van der Waals surface area contributed by atoms with Crippen molar-refractivity contribution in [1.29, 1.82) is 0 Å². The van der Waals surface area contributed by atoms with Gasteiger partial charge in [-0.25, -0.2) is 9.78 Å². The van der Waals surface area contributed by atoms with Crippen molar-refractivity contribution in [1.82, 2.24) is 4.98 Å². The molecule has 0 unspecified atom stereocenters. The zero-order valence-electron chi connectivity index (χ0n) is 11.4. The number of nitrogens with one attached hydrogen (secondary N) is 1. The Morgan fingerprint density at radius 3 is 2.67 bits per heavy atom. The minimum Gasteiger partial charge on any atom is -0.465 e. The summed E-state index contributed by atoms with van der Waals surface area (Å²) in [5.41, 5.74) is 0.771. The van der Waals surface area contributed by atoms with Crippen LogP contribution in [0.5, 0.6) is 0 Å². The number of hydrogen-bond donors (Lipinski definition) is 1. The average Bonchev–Trinajstić information content (AvgIpc) is 2.54. The van der Waals surface area contributed by atoms with Gasteiger partial charge in [0.05, 0.1) is 29.1 Å². The summed E-state index contributed by atoms with van der Waals surface area (Å²) in [5, 5.41) is 3.48. The molecular weight excluding hydrogens is 288 g/mol. The van der Waals surface area contributed by atoms with Gasteiger partial charge in [-0.2, -0.15) is 0 Å². The van der Waals surface area contributed by atoms with Crippen LogP contribution in [0, 0.1) is 0 Å². The molecule has 0 saturated heterocycles. The van der Waals surface area contributed by atoms with E-state index in [9.17, 15) is 9.59 Å². The van der Waals surface area contributed by atoms with Crippen molar-refractivity contribution in [3.05, 3.63) is 54.2 Å². The second kappa shape index (κ2) is 7.44. The molecule has 0 fully saturated rings. The number of rotatable bonds is 5. The van der Waals surface area contributed by atoms with E-state index in [1.165, 1.54) is 18.9 Å². The van der Waals surface area contributed by atoms with Gasteiger partial charge in [-0.3, -0.25) is 4.79 Å². The van der Waals surface area contributed by atoms with E-state index >= 15 is 0 Å². The number of aromatic nitrogens is 1. The van der Waals surface area contributed by atoms with Crippen molar-refractivity contribution >= 4 is 29.3 Å². The van der Waals surface area contributed by atoms with Gasteiger partial charge in [0.25, 0.3) is 0 Å². The number of thioether (sulfide) groups is 1. The van der Waals surface area contributed by atoms with Crippen molar-refractivity contribution in [2.24, 2.45) is 0 Å². The van der Waals surface area contributed by atoms with Crippen LogP contribution in [-0.2, 0) is 9.53 Å². The number of ether oxygens (including phenoxy) is 1. The number of carbonyl (C=O) groups excluding carboxylic acids is 2. The highest BCUT2D eigenvalue weighted by atomic mass is 32.2. The lowest BCUT2D eigenvalue weighted by Gasteiger charge is -2.09. The first-order valence-corrected chi connectivity index (χ1v) is 7.20. The van der Waals surface area contributed by atoms with Crippen LogP contribution in [0.4, 0.5) is 5.69 Å². The van der Waals surface area contributed by atoms with E-state index in [1.54, 1.807) is 30.5 Å². The fourth-order valence-electron chi connectivity index (χ4n) is 1.64. The molecule has 5 nitrogen and oxygen atoms in total. The molecule has 0 radical (unpaired) electrons. The van der Waals surface area contributed by atoms with Gasteiger partial charge in [0, 0.05) is 6.20 Å². The van der Waals surface area contributed by atoms with Crippen LogP contribution in [-0.4, -0.2) is 29.7 Å². The minimum absolute atomic E-state index is 0.206. The molecule has 2 rings (SSSR count). The number of methoxy groups -OCH3 is 1. The number of pyridine rings is 1. The van der Waals surface area contributed by atoms with Crippen molar-refractivity contribution in [2.75, 3.05) is 18.2 Å². The zero-order valence-corrected chi connectivity index (χ0v) is 12.2. The largest absolute Gasteiger partial charge is 0.465 e. The van der Waals surface area contributed by atoms with Gasteiger partial charge in [-0.05, 0) is 24.3 Å². The first kappa shape index (κ1) is 15.1. The lowest BCUT2D eigenvalue weighted by atomic mass is 10.2. The van der Waals surface area contributed by atoms with Gasteiger partial charge in [0.2, 0.25) is 5.91 Å². The molecule has 1 heterocycles. The number of benzene rings is 1. The molecule has 0 aliphatic heterocycles. The Kier molecular flexibility index (Phi) is 5.34. The van der Waals surface area contributed by atoms with Crippen LogP contribution < -0.4 is 5.32 Å². The van der Waals surface area contributed by atoms with Crippen LogP contribution in [0.3, 0.4) is 0 Å². The highest BCUT2D eigenvalue weighted by Gasteiger charge is 2.13. The fraction of sp³-hybridized carbons (Fsp3) is 0.133. The molecule has 0 saturated carbocycles. The lowest BCUT2D eigenvalue weighted by molar-refractivity contribution is -0.113. The summed E-state index contributed by atoms with van der Waals surface area (Å²) in [6, 6.07) is 12.2. The van der Waals surface area contributed by atoms with Gasteiger partial charge >= 0.3 is 5.97 Å². The number of hydrogen-bond acceptors (Lipinski definition) is 5. The molecule has 6 heteroatoms. The van der Waals surface area contributed by atoms with E-state index in [0.29, 0.717) is 11.3 Å². The van der Waals surface area contributed by atoms with E-state index in [2.05, 4.69) is 15.0 Å². The number of para-hydroxylation sites is 1. The summed E-state index contributed by atoms with van der Waals surface area (Å²) >= 11 is 1.33. The van der Waals surface area contributed by atoms with Crippen LogP contribution >= 0.6 is 11.8 Å². The van der Waals surface area contributed by atoms with Crippen LogP contribution in [0.15, 0.2) is 53.7 Å². The Hall–Kier alpha value is -2.34. The first-order valence-electron chi connectivity index (χ1n) is 6.21. The summed E-state index contributed by atoms with van der Waals surface area (Å²) in [4.78, 5) is 27.7. The van der Waals surface area contributed by atoms with Gasteiger partial charge < -0.3 is 10.1 Å². The average molecular weight is 302 g/mol. The molecule has 0 spiro atoms. The smallest absolute Gasteiger partial charge is 0.339 e. The highest BCUT2D eigenvalue weighted by Crippen LogP contribution is 2.18. The molecule has 0 aliphatic rings. The maximum Gasteiger partial charge on any atom is 0.339 e. The third kappa shape index (κ3) is 4.32. The summed E-state index contributed by atoms with van der Waals surface area (Å²) in [6.07, 6.45) is 1.67. The number of nitrogens with zero attached hydrogens (tertiary/aromatic N) is 1. The van der Waals surface area contributed by atoms with E-state index in [0.717, 1.165) is 5.03 Å². The summed E-state index contributed by atoms with van der Waals surface area (Å²) in [6.45, 7) is 0. The standard InChI is InChI=1S/C15H14N2O3S/c1-20-15(19)11-6-2-3-7-12(11)17-13(18)10-21-14-8-4-5-9-16-14/h2-9H,10H2,1H3,(H,17,18). The quantitative estimate of drug-likeness (QED) is 0.679. The topological polar surface area (TPSA) is 68.3 Å². The van der Waals surface area contributed by atoms with Gasteiger partial charge in [-0.15, -0.1) is 0 Å². The second-order valence-electron chi connectivity index (χ2n) is 4.04. The van der Waals surface area contributed by atoms with Crippen LogP contribution in [0.1, 0.15) is 10.4 Å². The summed E-state index contributed by atoms with van der Waals surface area (Å²) < 4.78 is 4.68. The molecule has 1 aromatic heterocycles. The Balaban J connectivity index is 1.98. The molecule has 108 valence electrons. The highest BCUT2D eigenvalue weighted by molar-refractivity contribution is 7.99. The van der Waals surface area contributed by atoms with Gasteiger partial charge in [0.15, 0.2) is 0 Å². The third-order valence-electron chi connectivity index (χ3n) is 2.60. The molecule has 21 heavy (non-hydrogen) atoms. The third-order valence-corrected chi connectivity index (χ3v) is 3.54. The minimum atomic E-state index is -0.483. The fourth-order valence-corrected chi connectivity index (χ4v) is 2.30. The molecule has 0 bridgehead atoms. The van der Waals surface area contributed by atoms with Crippen LogP contribution in [0.25, 0.3) is 0 Å². The molecule has 1 N–H and O–H groups in total. The summed E-state index contributed by atoms with van der Waals surface area (Å²) in [7, 11) is 1.30. The van der Waals surface area contributed by atoms with Crippen LogP contribution in [0.2, 0.25) is 0 Å².